The molecule has 0 amide bonds. The van der Waals surface area contributed by atoms with Crippen molar-refractivity contribution in [2.75, 3.05) is 11.5 Å². The summed E-state index contributed by atoms with van der Waals surface area (Å²) in [5.74, 6) is 1.97. The smallest absolute Gasteiger partial charge is 0.337 e. The predicted octanol–water partition coefficient (Wildman–Crippen LogP) is 3.85. The van der Waals surface area contributed by atoms with Crippen molar-refractivity contribution in [3.8, 4) is 0 Å². The molecule has 0 aliphatic carbocycles. The van der Waals surface area contributed by atoms with Gasteiger partial charge in [-0.05, 0) is 35.8 Å². The van der Waals surface area contributed by atoms with E-state index < -0.39 is 5.97 Å². The molecular weight excluding hydrogens is 314 g/mol. The molecule has 94 valence electrons. The highest BCUT2D eigenvalue weighted by molar-refractivity contribution is 9.10. The van der Waals surface area contributed by atoms with E-state index in [0.29, 0.717) is 11.5 Å². The number of carboxylic acids is 1. The zero-order valence-corrected chi connectivity index (χ0v) is 12.0. The fourth-order valence-electron chi connectivity index (χ4n) is 2.50. The lowest BCUT2D eigenvalue weighted by Gasteiger charge is -2.07. The predicted molar refractivity (Wildman–Crippen MR) is 77.6 cm³/mol. The van der Waals surface area contributed by atoms with E-state index in [9.17, 15) is 9.90 Å². The maximum absolute atomic E-state index is 11.3. The van der Waals surface area contributed by atoms with Crippen molar-refractivity contribution in [1.29, 1.82) is 0 Å². The highest BCUT2D eigenvalue weighted by Crippen LogP contribution is 2.37. The van der Waals surface area contributed by atoms with Crippen LogP contribution < -0.4 is 0 Å². The summed E-state index contributed by atoms with van der Waals surface area (Å²) >= 11 is 5.36. The third-order valence-corrected chi connectivity index (χ3v) is 5.01. The van der Waals surface area contributed by atoms with Gasteiger partial charge in [0.1, 0.15) is 0 Å². The monoisotopic (exact) mass is 325 g/mol. The first kappa shape index (κ1) is 12.1. The molecule has 0 saturated carbocycles. The maximum Gasteiger partial charge on any atom is 0.337 e. The van der Waals surface area contributed by atoms with Crippen molar-refractivity contribution in [2.45, 2.75) is 12.3 Å². The second-order valence-electron chi connectivity index (χ2n) is 4.49. The van der Waals surface area contributed by atoms with E-state index in [1.807, 2.05) is 24.0 Å². The molecule has 5 heteroatoms. The second-order valence-corrected chi connectivity index (χ2v) is 6.55. The highest BCUT2D eigenvalue weighted by atomic mass is 79.9. The minimum absolute atomic E-state index is 0.330. The Hall–Kier alpha value is -0.940. The van der Waals surface area contributed by atoms with Crippen LogP contribution >= 0.6 is 27.7 Å². The minimum Gasteiger partial charge on any atom is -0.478 e. The SMILES string of the molecule is O=C(O)c1cc(Br)cc2c(C3CCSC3)c[nH]c12. The fraction of sp³-hybridized carbons (Fsp3) is 0.308. The van der Waals surface area contributed by atoms with Gasteiger partial charge < -0.3 is 10.1 Å². The average molecular weight is 326 g/mol. The highest BCUT2D eigenvalue weighted by Gasteiger charge is 2.22. The number of halogens is 1. The van der Waals surface area contributed by atoms with Crippen molar-refractivity contribution >= 4 is 44.6 Å². The number of benzene rings is 1. The molecular formula is C13H12BrNO2S. The van der Waals surface area contributed by atoms with Gasteiger partial charge in [-0.2, -0.15) is 11.8 Å². The van der Waals surface area contributed by atoms with Crippen molar-refractivity contribution in [2.24, 2.45) is 0 Å². The third-order valence-electron chi connectivity index (χ3n) is 3.39. The first-order valence-electron chi connectivity index (χ1n) is 5.78. The molecule has 1 aliphatic heterocycles. The molecule has 3 nitrogen and oxygen atoms in total. The van der Waals surface area contributed by atoms with E-state index >= 15 is 0 Å². The summed E-state index contributed by atoms with van der Waals surface area (Å²) in [6.07, 6.45) is 3.15. The molecule has 1 fully saturated rings. The van der Waals surface area contributed by atoms with Crippen LogP contribution in [0.15, 0.2) is 22.8 Å². The Kier molecular flexibility index (Phi) is 3.11. The van der Waals surface area contributed by atoms with Crippen molar-refractivity contribution in [3.05, 3.63) is 33.9 Å². The van der Waals surface area contributed by atoms with Crippen LogP contribution in [-0.4, -0.2) is 27.6 Å². The molecule has 1 saturated heterocycles. The number of fused-ring (bicyclic) bond motifs is 1. The standard InChI is InChI=1S/C13H12BrNO2S/c14-8-3-9-11(7-1-2-18-6-7)5-15-12(9)10(4-8)13(16)17/h3-5,7,15H,1-2,6H2,(H,16,17). The zero-order valence-electron chi connectivity index (χ0n) is 9.57. The van der Waals surface area contributed by atoms with E-state index in [2.05, 4.69) is 20.9 Å². The lowest BCUT2D eigenvalue weighted by Crippen LogP contribution is -1.98. The van der Waals surface area contributed by atoms with Gasteiger partial charge in [-0.25, -0.2) is 4.79 Å². The molecule has 2 N–H and O–H groups in total. The molecule has 18 heavy (non-hydrogen) atoms. The van der Waals surface area contributed by atoms with Gasteiger partial charge in [-0.3, -0.25) is 0 Å². The summed E-state index contributed by atoms with van der Waals surface area (Å²) in [6, 6.07) is 3.66. The van der Waals surface area contributed by atoms with Crippen LogP contribution in [0.3, 0.4) is 0 Å². The summed E-state index contributed by atoms with van der Waals surface area (Å²) < 4.78 is 0.818. The van der Waals surface area contributed by atoms with Crippen molar-refractivity contribution in [1.82, 2.24) is 4.98 Å². The van der Waals surface area contributed by atoms with E-state index in [1.54, 1.807) is 6.07 Å². The van der Waals surface area contributed by atoms with Gasteiger partial charge in [0.05, 0.1) is 11.1 Å². The van der Waals surface area contributed by atoms with Gasteiger partial charge in [0.15, 0.2) is 0 Å². The van der Waals surface area contributed by atoms with Gasteiger partial charge >= 0.3 is 5.97 Å². The van der Waals surface area contributed by atoms with E-state index in [-0.39, 0.29) is 0 Å². The third kappa shape index (κ3) is 1.95. The van der Waals surface area contributed by atoms with Crippen LogP contribution in [0.1, 0.15) is 28.3 Å². The Morgan fingerprint density at radius 1 is 1.50 bits per heavy atom. The van der Waals surface area contributed by atoms with Crippen LogP contribution in [-0.2, 0) is 0 Å². The number of carbonyl (C=O) groups is 1. The van der Waals surface area contributed by atoms with Crippen LogP contribution in [0.4, 0.5) is 0 Å². The van der Waals surface area contributed by atoms with Crippen LogP contribution in [0.2, 0.25) is 0 Å². The quantitative estimate of drug-likeness (QED) is 0.881. The molecule has 0 bridgehead atoms. The van der Waals surface area contributed by atoms with Gasteiger partial charge in [0.2, 0.25) is 0 Å². The van der Waals surface area contributed by atoms with Crippen LogP contribution in [0, 0.1) is 0 Å². The first-order chi connectivity index (χ1) is 8.66. The van der Waals surface area contributed by atoms with Crippen molar-refractivity contribution in [3.63, 3.8) is 0 Å². The van der Waals surface area contributed by atoms with Crippen LogP contribution in [0.25, 0.3) is 10.9 Å². The number of nitrogens with one attached hydrogen (secondary N) is 1. The molecule has 1 aromatic carbocycles. The number of aromatic carboxylic acids is 1. The Morgan fingerprint density at radius 2 is 2.33 bits per heavy atom. The number of hydrogen-bond donors (Lipinski definition) is 2. The summed E-state index contributed by atoms with van der Waals surface area (Å²) in [4.78, 5) is 14.4. The molecule has 0 spiro atoms. The number of aromatic nitrogens is 1. The average Bonchev–Trinajstić information content (AvgIpc) is 2.94. The molecule has 1 aromatic heterocycles. The largest absolute Gasteiger partial charge is 0.478 e. The summed E-state index contributed by atoms with van der Waals surface area (Å²) in [7, 11) is 0. The summed E-state index contributed by atoms with van der Waals surface area (Å²) in [5.41, 5.74) is 2.31. The Bertz CT molecular complexity index is 617. The van der Waals surface area contributed by atoms with E-state index in [0.717, 1.165) is 21.1 Å². The number of H-pyrrole nitrogens is 1. The maximum atomic E-state index is 11.3. The lowest BCUT2D eigenvalue weighted by molar-refractivity contribution is 0.0699. The van der Waals surface area contributed by atoms with Crippen molar-refractivity contribution < 1.29 is 9.90 Å². The number of thioether (sulfide) groups is 1. The number of hydrogen-bond acceptors (Lipinski definition) is 2. The van der Waals surface area contributed by atoms with Gasteiger partial charge in [-0.1, -0.05) is 15.9 Å². The van der Waals surface area contributed by atoms with Gasteiger partial charge in [-0.15, -0.1) is 0 Å². The molecule has 1 aliphatic rings. The molecule has 1 atom stereocenters. The van der Waals surface area contributed by atoms with Gasteiger partial charge in [0.25, 0.3) is 0 Å². The summed E-state index contributed by atoms with van der Waals surface area (Å²) in [6.45, 7) is 0. The van der Waals surface area contributed by atoms with Gasteiger partial charge in [0, 0.05) is 21.8 Å². The van der Waals surface area contributed by atoms with Crippen LogP contribution in [0.5, 0.6) is 0 Å². The fourth-order valence-corrected chi connectivity index (χ4v) is 4.21. The summed E-state index contributed by atoms with van der Waals surface area (Å²) in [5, 5.41) is 10.3. The molecule has 1 unspecified atom stereocenters. The molecule has 2 aromatic rings. The molecule has 0 radical (unpaired) electrons. The number of aromatic amines is 1. The Labute approximate surface area is 117 Å². The number of carboxylic acid groups (broad SMARTS) is 1. The Balaban J connectivity index is 2.20. The minimum atomic E-state index is -0.893. The normalized spacial score (nSPS) is 19.5. The second kappa shape index (κ2) is 4.63. The van der Waals surface area contributed by atoms with E-state index in [1.165, 1.54) is 17.7 Å². The zero-order chi connectivity index (χ0) is 12.7. The molecule has 2 heterocycles. The van der Waals surface area contributed by atoms with E-state index in [4.69, 9.17) is 0 Å². The lowest BCUT2D eigenvalue weighted by atomic mass is 9.97. The number of rotatable bonds is 2. The topological polar surface area (TPSA) is 53.1 Å². The molecule has 3 rings (SSSR count). The first-order valence-corrected chi connectivity index (χ1v) is 7.73. The Morgan fingerprint density at radius 3 is 3.00 bits per heavy atom.